The lowest BCUT2D eigenvalue weighted by molar-refractivity contribution is -0.121. The summed E-state index contributed by atoms with van der Waals surface area (Å²) in [6.07, 6.45) is 7.77. The second-order valence-electron chi connectivity index (χ2n) is 7.37. The number of anilines is 1. The van der Waals surface area contributed by atoms with E-state index in [2.05, 4.69) is 26.6 Å². The average molecular weight is 352 g/mol. The van der Waals surface area contributed by atoms with E-state index in [0.29, 0.717) is 23.6 Å². The number of amides is 1. The number of benzene rings is 1. The Balaban J connectivity index is 0.00000196. The average Bonchev–Trinajstić information content (AvgIpc) is 3.18. The number of aromatic nitrogens is 2. The summed E-state index contributed by atoms with van der Waals surface area (Å²) in [7, 11) is 0. The van der Waals surface area contributed by atoms with Gasteiger partial charge in [0.25, 0.3) is 0 Å². The Morgan fingerprint density at radius 1 is 1.31 bits per heavy atom. The number of carbonyl (C=O) groups excluding carboxylic acids is 1. The van der Waals surface area contributed by atoms with Gasteiger partial charge in [-0.2, -0.15) is 0 Å². The number of nitrogens with one attached hydrogen (secondary N) is 1. The van der Waals surface area contributed by atoms with Crippen LogP contribution in [-0.2, 0) is 4.79 Å². The van der Waals surface area contributed by atoms with Crippen LogP contribution >= 0.6 is 0 Å². The molecule has 1 aromatic carbocycles. The molecule has 1 aromatic heterocycles. The van der Waals surface area contributed by atoms with E-state index in [1.165, 1.54) is 6.42 Å². The summed E-state index contributed by atoms with van der Waals surface area (Å²) in [5.74, 6) is 1.38. The highest BCUT2D eigenvalue weighted by atomic mass is 16.2. The second kappa shape index (κ2) is 7.49. The van der Waals surface area contributed by atoms with E-state index >= 15 is 0 Å². The molecule has 0 radical (unpaired) electrons. The first-order valence-electron chi connectivity index (χ1n) is 9.41. The molecule has 5 heteroatoms. The molecule has 0 spiro atoms. The van der Waals surface area contributed by atoms with Crippen LogP contribution in [0.2, 0.25) is 0 Å². The summed E-state index contributed by atoms with van der Waals surface area (Å²) in [5.41, 5.74) is 2.44. The molecule has 2 aliphatic carbocycles. The van der Waals surface area contributed by atoms with Gasteiger partial charge in [0.1, 0.15) is 0 Å². The predicted molar refractivity (Wildman–Crippen MR) is 105 cm³/mol. The molecular weight excluding hydrogens is 324 g/mol. The number of nitrogens with zero attached hydrogens (tertiary/aromatic N) is 3. The SMILES string of the molecule is C.[C-]#[N+]c1ccc2nc(NC(=O)C3CCCC3CC)n(C3CCC3)c2c1. The minimum absolute atomic E-state index is 0. The highest BCUT2D eigenvalue weighted by Gasteiger charge is 2.33. The number of carbonyl (C=O) groups is 1. The van der Waals surface area contributed by atoms with Crippen LogP contribution in [0, 0.1) is 18.4 Å². The van der Waals surface area contributed by atoms with Gasteiger partial charge in [0, 0.05) is 12.0 Å². The standard InChI is InChI=1S/C20H24N4O.CH4/c1-3-13-6-4-9-16(13)19(25)23-20-22-17-11-10-14(21-2)12-18(17)24(20)15-7-5-8-15;/h10-13,15-16H,3-9H2,1H3,(H,22,23,25);1H4. The molecule has 5 nitrogen and oxygen atoms in total. The molecule has 2 fully saturated rings. The van der Waals surface area contributed by atoms with Crippen molar-refractivity contribution in [3.05, 3.63) is 29.6 Å². The van der Waals surface area contributed by atoms with Crippen LogP contribution in [-0.4, -0.2) is 15.5 Å². The van der Waals surface area contributed by atoms with Crippen LogP contribution in [0.4, 0.5) is 11.6 Å². The van der Waals surface area contributed by atoms with Crippen LogP contribution < -0.4 is 5.32 Å². The van der Waals surface area contributed by atoms with Crippen molar-refractivity contribution in [2.45, 2.75) is 65.3 Å². The van der Waals surface area contributed by atoms with Crippen molar-refractivity contribution in [2.24, 2.45) is 11.8 Å². The van der Waals surface area contributed by atoms with Crippen LogP contribution in [0.3, 0.4) is 0 Å². The van der Waals surface area contributed by atoms with Crippen molar-refractivity contribution in [1.29, 1.82) is 0 Å². The van der Waals surface area contributed by atoms with E-state index in [4.69, 9.17) is 6.57 Å². The van der Waals surface area contributed by atoms with E-state index < -0.39 is 0 Å². The third-order valence-corrected chi connectivity index (χ3v) is 6.00. The lowest BCUT2D eigenvalue weighted by atomic mass is 9.92. The molecule has 1 N–H and O–H groups in total. The monoisotopic (exact) mass is 352 g/mol. The summed E-state index contributed by atoms with van der Waals surface area (Å²) in [5, 5.41) is 3.13. The Morgan fingerprint density at radius 2 is 2.08 bits per heavy atom. The molecule has 0 aliphatic heterocycles. The van der Waals surface area contributed by atoms with E-state index in [9.17, 15) is 4.79 Å². The summed E-state index contributed by atoms with van der Waals surface area (Å²) in [4.78, 5) is 21.1. The third-order valence-electron chi connectivity index (χ3n) is 6.00. The largest absolute Gasteiger partial charge is 0.308 e. The normalized spacial score (nSPS) is 22.5. The van der Waals surface area contributed by atoms with E-state index in [0.717, 1.165) is 49.6 Å². The molecule has 1 heterocycles. The molecule has 2 atom stereocenters. The van der Waals surface area contributed by atoms with Crippen molar-refractivity contribution in [1.82, 2.24) is 9.55 Å². The third kappa shape index (κ3) is 3.09. The van der Waals surface area contributed by atoms with Crippen LogP contribution in [0.15, 0.2) is 18.2 Å². The molecule has 0 bridgehead atoms. The van der Waals surface area contributed by atoms with Crippen LogP contribution in [0.1, 0.15) is 65.3 Å². The van der Waals surface area contributed by atoms with Gasteiger partial charge in [-0.3, -0.25) is 10.1 Å². The predicted octanol–water partition coefficient (Wildman–Crippen LogP) is 5.71. The van der Waals surface area contributed by atoms with Gasteiger partial charge >= 0.3 is 0 Å². The fourth-order valence-corrected chi connectivity index (χ4v) is 4.33. The van der Waals surface area contributed by atoms with Gasteiger partial charge in [-0.15, -0.1) is 0 Å². The molecule has 26 heavy (non-hydrogen) atoms. The van der Waals surface area contributed by atoms with Gasteiger partial charge in [0.15, 0.2) is 5.69 Å². The number of hydrogen-bond acceptors (Lipinski definition) is 2. The number of fused-ring (bicyclic) bond motifs is 1. The zero-order valence-corrected chi connectivity index (χ0v) is 14.7. The summed E-state index contributed by atoms with van der Waals surface area (Å²) < 4.78 is 2.15. The maximum absolute atomic E-state index is 12.9. The Labute approximate surface area is 155 Å². The molecule has 2 aromatic rings. The van der Waals surface area contributed by atoms with Crippen molar-refractivity contribution < 1.29 is 4.79 Å². The zero-order valence-electron chi connectivity index (χ0n) is 14.7. The quantitative estimate of drug-likeness (QED) is 0.716. The Bertz CT molecular complexity index is 844. The molecule has 2 unspecified atom stereocenters. The number of imidazole rings is 1. The zero-order chi connectivity index (χ0) is 17.4. The highest BCUT2D eigenvalue weighted by molar-refractivity contribution is 5.94. The van der Waals surface area contributed by atoms with Crippen LogP contribution in [0.5, 0.6) is 0 Å². The smallest absolute Gasteiger partial charge is 0.230 e. The van der Waals surface area contributed by atoms with Gasteiger partial charge in [-0.1, -0.05) is 33.3 Å². The first-order chi connectivity index (χ1) is 12.2. The van der Waals surface area contributed by atoms with Crippen molar-refractivity contribution in [3.8, 4) is 0 Å². The molecule has 4 rings (SSSR count). The lowest BCUT2D eigenvalue weighted by Gasteiger charge is -2.29. The number of hydrogen-bond donors (Lipinski definition) is 1. The summed E-state index contributed by atoms with van der Waals surface area (Å²) in [6, 6.07) is 5.96. The fourth-order valence-electron chi connectivity index (χ4n) is 4.33. The highest BCUT2D eigenvalue weighted by Crippen LogP contribution is 2.39. The Hall–Kier alpha value is -2.35. The minimum Gasteiger partial charge on any atom is -0.308 e. The Morgan fingerprint density at radius 3 is 2.73 bits per heavy atom. The molecular formula is C21H28N4O. The topological polar surface area (TPSA) is 51.3 Å². The van der Waals surface area contributed by atoms with Crippen molar-refractivity contribution in [2.75, 3.05) is 5.32 Å². The van der Waals surface area contributed by atoms with Crippen LogP contribution in [0.25, 0.3) is 15.9 Å². The Kier molecular flexibility index (Phi) is 5.31. The molecule has 1 amide bonds. The first kappa shape index (κ1) is 18.4. The van der Waals surface area contributed by atoms with Gasteiger partial charge in [0.2, 0.25) is 11.9 Å². The molecule has 2 aliphatic rings. The second-order valence-corrected chi connectivity index (χ2v) is 7.37. The molecule has 2 saturated carbocycles. The maximum atomic E-state index is 12.9. The maximum Gasteiger partial charge on any atom is 0.230 e. The first-order valence-corrected chi connectivity index (χ1v) is 9.41. The van der Waals surface area contributed by atoms with Gasteiger partial charge in [0.05, 0.1) is 17.6 Å². The van der Waals surface area contributed by atoms with Gasteiger partial charge in [-0.25, -0.2) is 9.83 Å². The lowest BCUT2D eigenvalue weighted by Crippen LogP contribution is -2.28. The van der Waals surface area contributed by atoms with Crippen molar-refractivity contribution >= 4 is 28.6 Å². The van der Waals surface area contributed by atoms with E-state index in [1.54, 1.807) is 6.07 Å². The minimum atomic E-state index is 0. The van der Waals surface area contributed by atoms with Gasteiger partial charge in [-0.05, 0) is 50.2 Å². The molecule has 0 saturated heterocycles. The number of rotatable bonds is 4. The molecule has 138 valence electrons. The van der Waals surface area contributed by atoms with E-state index in [-0.39, 0.29) is 19.3 Å². The van der Waals surface area contributed by atoms with Gasteiger partial charge < -0.3 is 4.57 Å². The summed E-state index contributed by atoms with van der Waals surface area (Å²) in [6.45, 7) is 9.43. The fraction of sp³-hybridized carbons (Fsp3) is 0.571. The van der Waals surface area contributed by atoms with Crippen molar-refractivity contribution in [3.63, 3.8) is 0 Å². The summed E-state index contributed by atoms with van der Waals surface area (Å²) >= 11 is 0. The van der Waals surface area contributed by atoms with E-state index in [1.807, 2.05) is 12.1 Å².